The predicted molar refractivity (Wildman–Crippen MR) is 94.3 cm³/mol. The molecule has 0 fully saturated rings. The van der Waals surface area contributed by atoms with Crippen molar-refractivity contribution in [2.45, 2.75) is 6.54 Å². The normalized spacial score (nSPS) is 10.4. The molecule has 0 saturated carbocycles. The van der Waals surface area contributed by atoms with E-state index in [0.29, 0.717) is 5.02 Å². The minimum absolute atomic E-state index is 0.0632. The Morgan fingerprint density at radius 2 is 1.73 bits per heavy atom. The first-order valence-corrected chi connectivity index (χ1v) is 7.97. The average Bonchev–Trinajstić information content (AvgIpc) is 2.64. The monoisotopic (exact) mass is 374 g/mol. The summed E-state index contributed by atoms with van der Waals surface area (Å²) in [6.07, 6.45) is 1.32. The molecule has 132 valence electrons. The van der Waals surface area contributed by atoms with Crippen LogP contribution in [0.25, 0.3) is 0 Å². The van der Waals surface area contributed by atoms with Crippen LogP contribution in [0, 0.1) is 11.6 Å². The highest BCUT2D eigenvalue weighted by molar-refractivity contribution is 6.30. The van der Waals surface area contributed by atoms with E-state index in [0.717, 1.165) is 17.7 Å². The molecule has 0 spiro atoms. The molecule has 0 aliphatic carbocycles. The topological polar surface area (TPSA) is 66.9 Å². The maximum Gasteiger partial charge on any atom is 0.270 e. The van der Waals surface area contributed by atoms with Crippen LogP contribution in [-0.4, -0.2) is 15.9 Å². The Bertz CT molecular complexity index is 914. The molecule has 5 nitrogen and oxygen atoms in total. The molecule has 0 bridgehead atoms. The summed E-state index contributed by atoms with van der Waals surface area (Å²) in [7, 11) is 0. The number of amides is 1. The first-order valence-electron chi connectivity index (χ1n) is 7.59. The third-order valence-electron chi connectivity index (χ3n) is 3.45. The quantitative estimate of drug-likeness (QED) is 0.706. The lowest BCUT2D eigenvalue weighted by molar-refractivity contribution is 0.0946. The first-order chi connectivity index (χ1) is 12.5. The molecule has 0 saturated heterocycles. The van der Waals surface area contributed by atoms with E-state index in [1.54, 1.807) is 24.3 Å². The van der Waals surface area contributed by atoms with Gasteiger partial charge in [-0.05, 0) is 35.9 Å². The van der Waals surface area contributed by atoms with Gasteiger partial charge in [0.05, 0.1) is 0 Å². The summed E-state index contributed by atoms with van der Waals surface area (Å²) in [4.78, 5) is 20.1. The number of aromatic nitrogens is 2. The van der Waals surface area contributed by atoms with Crippen molar-refractivity contribution < 1.29 is 13.6 Å². The van der Waals surface area contributed by atoms with E-state index < -0.39 is 17.5 Å². The number of benzene rings is 2. The van der Waals surface area contributed by atoms with Crippen LogP contribution in [0.3, 0.4) is 0 Å². The van der Waals surface area contributed by atoms with E-state index in [1.807, 2.05) is 0 Å². The van der Waals surface area contributed by atoms with Crippen molar-refractivity contribution in [1.29, 1.82) is 0 Å². The van der Waals surface area contributed by atoms with Gasteiger partial charge in [-0.3, -0.25) is 4.79 Å². The van der Waals surface area contributed by atoms with Gasteiger partial charge in [-0.1, -0.05) is 29.8 Å². The van der Waals surface area contributed by atoms with Crippen LogP contribution in [0.15, 0.2) is 54.7 Å². The first kappa shape index (κ1) is 17.8. The van der Waals surface area contributed by atoms with Crippen molar-refractivity contribution in [3.63, 3.8) is 0 Å². The largest absolute Gasteiger partial charge is 0.347 e. The van der Waals surface area contributed by atoms with E-state index in [9.17, 15) is 13.6 Å². The molecule has 2 N–H and O–H groups in total. The van der Waals surface area contributed by atoms with Crippen LogP contribution in [0.1, 0.15) is 16.1 Å². The van der Waals surface area contributed by atoms with Gasteiger partial charge in [-0.2, -0.15) is 0 Å². The number of carbonyl (C=O) groups is 1. The van der Waals surface area contributed by atoms with Gasteiger partial charge in [0.1, 0.15) is 23.0 Å². The minimum Gasteiger partial charge on any atom is -0.347 e. The lowest BCUT2D eigenvalue weighted by Gasteiger charge is -2.09. The fourth-order valence-corrected chi connectivity index (χ4v) is 2.28. The lowest BCUT2D eigenvalue weighted by Crippen LogP contribution is -2.24. The van der Waals surface area contributed by atoms with Gasteiger partial charge in [0, 0.05) is 17.8 Å². The molecule has 26 heavy (non-hydrogen) atoms. The van der Waals surface area contributed by atoms with Crippen molar-refractivity contribution in [2.24, 2.45) is 0 Å². The molecule has 1 heterocycles. The van der Waals surface area contributed by atoms with Crippen molar-refractivity contribution in [2.75, 3.05) is 5.32 Å². The molecule has 0 aliphatic rings. The van der Waals surface area contributed by atoms with E-state index >= 15 is 0 Å². The second-order valence-corrected chi connectivity index (χ2v) is 5.73. The van der Waals surface area contributed by atoms with Crippen LogP contribution in [0.5, 0.6) is 0 Å². The molecule has 0 radical (unpaired) electrons. The number of hydrogen-bond donors (Lipinski definition) is 2. The summed E-state index contributed by atoms with van der Waals surface area (Å²) < 4.78 is 27.4. The van der Waals surface area contributed by atoms with Gasteiger partial charge >= 0.3 is 0 Å². The maximum absolute atomic E-state index is 13.7. The Kier molecular flexibility index (Phi) is 5.38. The number of carbonyl (C=O) groups excluding carboxylic acids is 1. The highest BCUT2D eigenvalue weighted by Crippen LogP contribution is 2.21. The van der Waals surface area contributed by atoms with E-state index in [1.165, 1.54) is 18.3 Å². The third kappa shape index (κ3) is 4.31. The zero-order valence-electron chi connectivity index (χ0n) is 13.3. The van der Waals surface area contributed by atoms with Crippen LogP contribution in [-0.2, 0) is 6.54 Å². The number of rotatable bonds is 5. The Morgan fingerprint density at radius 1 is 1.04 bits per heavy atom. The molecular weight excluding hydrogens is 362 g/mol. The van der Waals surface area contributed by atoms with Gasteiger partial charge in [0.25, 0.3) is 5.91 Å². The van der Waals surface area contributed by atoms with Crippen LogP contribution >= 0.6 is 11.6 Å². The van der Waals surface area contributed by atoms with Gasteiger partial charge in [0.2, 0.25) is 5.95 Å². The molecule has 0 atom stereocenters. The van der Waals surface area contributed by atoms with Crippen LogP contribution in [0.2, 0.25) is 5.02 Å². The minimum atomic E-state index is -0.786. The number of nitrogens with one attached hydrogen (secondary N) is 2. The van der Waals surface area contributed by atoms with Crippen LogP contribution in [0.4, 0.5) is 20.4 Å². The Labute approximate surface area is 153 Å². The average molecular weight is 375 g/mol. The van der Waals surface area contributed by atoms with E-state index in [2.05, 4.69) is 20.6 Å². The van der Waals surface area contributed by atoms with Crippen molar-refractivity contribution in [1.82, 2.24) is 15.3 Å². The predicted octanol–water partition coefficient (Wildman–Crippen LogP) is 4.08. The Balaban J connectivity index is 1.70. The molecule has 1 amide bonds. The van der Waals surface area contributed by atoms with E-state index in [-0.39, 0.29) is 23.9 Å². The molecule has 0 unspecified atom stereocenters. The molecule has 3 rings (SSSR count). The summed E-state index contributed by atoms with van der Waals surface area (Å²) >= 11 is 5.81. The summed E-state index contributed by atoms with van der Waals surface area (Å²) in [5.74, 6) is -2.11. The fraction of sp³-hybridized carbons (Fsp3) is 0.0556. The maximum atomic E-state index is 13.7. The van der Waals surface area contributed by atoms with Crippen molar-refractivity contribution in [3.8, 4) is 0 Å². The highest BCUT2D eigenvalue weighted by Gasteiger charge is 2.12. The molecule has 8 heteroatoms. The lowest BCUT2D eigenvalue weighted by atomic mass is 10.2. The smallest absolute Gasteiger partial charge is 0.270 e. The number of halogens is 3. The number of hydrogen-bond acceptors (Lipinski definition) is 4. The molecule has 0 aliphatic heterocycles. The molecular formula is C18H13ClF2N4O. The highest BCUT2D eigenvalue weighted by atomic mass is 35.5. The number of anilines is 2. The zero-order chi connectivity index (χ0) is 18.5. The number of para-hydroxylation sites is 1. The fourth-order valence-electron chi connectivity index (χ4n) is 2.15. The summed E-state index contributed by atoms with van der Waals surface area (Å²) in [6, 6.07) is 11.9. The Hall–Kier alpha value is -3.06. The zero-order valence-corrected chi connectivity index (χ0v) is 14.1. The summed E-state index contributed by atoms with van der Waals surface area (Å²) in [5.41, 5.74) is 0.544. The van der Waals surface area contributed by atoms with Gasteiger partial charge in [-0.15, -0.1) is 0 Å². The summed E-state index contributed by atoms with van der Waals surface area (Å²) in [6.45, 7) is 0.282. The number of nitrogens with zero attached hydrogens (tertiary/aromatic N) is 2. The van der Waals surface area contributed by atoms with Gasteiger partial charge in [0.15, 0.2) is 0 Å². The summed E-state index contributed by atoms with van der Waals surface area (Å²) in [5, 5.41) is 5.75. The van der Waals surface area contributed by atoms with Gasteiger partial charge < -0.3 is 10.6 Å². The third-order valence-corrected chi connectivity index (χ3v) is 3.71. The second kappa shape index (κ2) is 7.88. The second-order valence-electron chi connectivity index (χ2n) is 5.30. The van der Waals surface area contributed by atoms with Gasteiger partial charge in [-0.25, -0.2) is 18.7 Å². The van der Waals surface area contributed by atoms with Crippen molar-refractivity contribution in [3.05, 3.63) is 82.6 Å². The molecule has 2 aromatic carbocycles. The Morgan fingerprint density at radius 3 is 2.42 bits per heavy atom. The molecule has 3 aromatic rings. The van der Waals surface area contributed by atoms with Crippen molar-refractivity contribution >= 4 is 29.1 Å². The standard InChI is InChI=1S/C18H13ClF2N4O/c19-12-6-4-11(5-7-12)10-23-17(26)15-8-9-22-18(24-15)25-16-13(20)2-1-3-14(16)21/h1-9H,10H2,(H,23,26)(H,22,24,25). The van der Waals surface area contributed by atoms with E-state index in [4.69, 9.17) is 11.6 Å². The van der Waals surface area contributed by atoms with Crippen LogP contribution < -0.4 is 10.6 Å². The SMILES string of the molecule is O=C(NCc1ccc(Cl)cc1)c1ccnc(Nc2c(F)cccc2F)n1. The molecule has 1 aromatic heterocycles.